The molecular formula is C17H21N3O2. The maximum atomic E-state index is 12.2. The molecule has 1 atom stereocenters. The molecule has 1 amide bonds. The highest BCUT2D eigenvalue weighted by Crippen LogP contribution is 2.32. The van der Waals surface area contributed by atoms with Crippen molar-refractivity contribution in [1.82, 2.24) is 15.0 Å². The number of hydrogen-bond donors (Lipinski definition) is 0. The van der Waals surface area contributed by atoms with Gasteiger partial charge in [0.2, 0.25) is 17.6 Å². The first-order valence-electron chi connectivity index (χ1n) is 7.89. The van der Waals surface area contributed by atoms with Crippen LogP contribution in [0.3, 0.4) is 0 Å². The molecule has 1 aromatic heterocycles. The van der Waals surface area contributed by atoms with E-state index in [9.17, 15) is 4.79 Å². The average Bonchev–Trinajstić information content (AvgIpc) is 3.17. The third kappa shape index (κ3) is 2.89. The number of aromatic nitrogens is 2. The second-order valence-electron chi connectivity index (χ2n) is 5.82. The Hall–Kier alpha value is -2.17. The van der Waals surface area contributed by atoms with Gasteiger partial charge in [-0.05, 0) is 26.2 Å². The van der Waals surface area contributed by atoms with Crippen LogP contribution in [0, 0.1) is 6.92 Å². The van der Waals surface area contributed by atoms with Crippen molar-refractivity contribution in [3.63, 3.8) is 0 Å². The van der Waals surface area contributed by atoms with Gasteiger partial charge in [-0.25, -0.2) is 0 Å². The predicted molar refractivity (Wildman–Crippen MR) is 83.1 cm³/mol. The summed E-state index contributed by atoms with van der Waals surface area (Å²) in [6.07, 6.45) is 3.32. The summed E-state index contributed by atoms with van der Waals surface area (Å²) >= 11 is 0. The van der Waals surface area contributed by atoms with Crippen LogP contribution in [0.4, 0.5) is 0 Å². The minimum Gasteiger partial charge on any atom is -0.337 e. The molecule has 0 N–H and O–H groups in total. The molecule has 1 saturated heterocycles. The van der Waals surface area contributed by atoms with Gasteiger partial charge in [0.05, 0.1) is 0 Å². The smallest absolute Gasteiger partial charge is 0.249 e. The zero-order chi connectivity index (χ0) is 15.5. The summed E-state index contributed by atoms with van der Waals surface area (Å²) < 4.78 is 5.44. The van der Waals surface area contributed by atoms with E-state index in [0.29, 0.717) is 18.1 Å². The number of amides is 1. The van der Waals surface area contributed by atoms with Crippen molar-refractivity contribution in [1.29, 1.82) is 0 Å². The van der Waals surface area contributed by atoms with Gasteiger partial charge in [0.1, 0.15) is 6.04 Å². The van der Waals surface area contributed by atoms with Gasteiger partial charge in [-0.1, -0.05) is 41.9 Å². The average molecular weight is 299 g/mol. The highest BCUT2D eigenvalue weighted by atomic mass is 16.5. The normalized spacial score (nSPS) is 17.9. The van der Waals surface area contributed by atoms with E-state index in [4.69, 9.17) is 4.52 Å². The molecule has 116 valence electrons. The SMILES string of the molecule is CCCC(=O)N1CCCC1c1nc(-c2ccc(C)cc2)no1. The van der Waals surface area contributed by atoms with Crippen LogP contribution < -0.4 is 0 Å². The molecule has 1 unspecified atom stereocenters. The van der Waals surface area contributed by atoms with Gasteiger partial charge in [-0.15, -0.1) is 0 Å². The monoisotopic (exact) mass is 299 g/mol. The summed E-state index contributed by atoms with van der Waals surface area (Å²) in [5, 5.41) is 4.08. The molecule has 22 heavy (non-hydrogen) atoms. The maximum Gasteiger partial charge on any atom is 0.249 e. The second kappa shape index (κ2) is 6.30. The summed E-state index contributed by atoms with van der Waals surface area (Å²) in [6.45, 7) is 4.85. The molecule has 3 rings (SSSR count). The highest BCUT2D eigenvalue weighted by Gasteiger charge is 2.33. The number of rotatable bonds is 4. The first-order valence-corrected chi connectivity index (χ1v) is 7.89. The minimum atomic E-state index is -0.0641. The molecule has 1 aliphatic rings. The Morgan fingerprint density at radius 3 is 2.86 bits per heavy atom. The van der Waals surface area contributed by atoms with Gasteiger partial charge in [0.25, 0.3) is 0 Å². The zero-order valence-electron chi connectivity index (χ0n) is 13.1. The van der Waals surface area contributed by atoms with Crippen molar-refractivity contribution in [2.24, 2.45) is 0 Å². The fraction of sp³-hybridized carbons (Fsp3) is 0.471. The van der Waals surface area contributed by atoms with Crippen LogP contribution in [0.2, 0.25) is 0 Å². The number of hydrogen-bond acceptors (Lipinski definition) is 4. The molecule has 0 aliphatic carbocycles. The van der Waals surface area contributed by atoms with Crippen molar-refractivity contribution in [3.8, 4) is 11.4 Å². The summed E-state index contributed by atoms with van der Waals surface area (Å²) in [4.78, 5) is 18.6. The lowest BCUT2D eigenvalue weighted by molar-refractivity contribution is -0.132. The Kier molecular flexibility index (Phi) is 4.22. The van der Waals surface area contributed by atoms with E-state index in [2.05, 4.69) is 10.1 Å². The topological polar surface area (TPSA) is 59.2 Å². The maximum absolute atomic E-state index is 12.2. The fourth-order valence-electron chi connectivity index (χ4n) is 2.87. The van der Waals surface area contributed by atoms with Crippen LogP contribution in [0.15, 0.2) is 28.8 Å². The molecule has 1 aromatic carbocycles. The molecule has 2 aromatic rings. The van der Waals surface area contributed by atoms with Gasteiger partial charge in [-0.3, -0.25) is 4.79 Å². The number of carbonyl (C=O) groups excluding carboxylic acids is 1. The summed E-state index contributed by atoms with van der Waals surface area (Å²) in [7, 11) is 0. The van der Waals surface area contributed by atoms with Crippen molar-refractivity contribution in [2.45, 2.75) is 45.6 Å². The van der Waals surface area contributed by atoms with Crippen LogP contribution in [0.5, 0.6) is 0 Å². The zero-order valence-corrected chi connectivity index (χ0v) is 13.1. The first-order chi connectivity index (χ1) is 10.7. The van der Waals surface area contributed by atoms with Crippen LogP contribution in [-0.4, -0.2) is 27.5 Å². The summed E-state index contributed by atoms with van der Waals surface area (Å²) in [5.74, 6) is 1.32. The molecule has 2 heterocycles. The van der Waals surface area contributed by atoms with Crippen LogP contribution in [0.25, 0.3) is 11.4 Å². The van der Waals surface area contributed by atoms with E-state index in [0.717, 1.165) is 31.4 Å². The first kappa shape index (κ1) is 14.8. The number of aryl methyl sites for hydroxylation is 1. The van der Waals surface area contributed by atoms with Crippen molar-refractivity contribution < 1.29 is 9.32 Å². The third-order valence-corrected chi connectivity index (χ3v) is 4.07. The van der Waals surface area contributed by atoms with Crippen LogP contribution >= 0.6 is 0 Å². The lowest BCUT2D eigenvalue weighted by Crippen LogP contribution is -2.30. The Morgan fingerprint density at radius 2 is 2.14 bits per heavy atom. The molecule has 5 heteroatoms. The Morgan fingerprint density at radius 1 is 1.36 bits per heavy atom. The van der Waals surface area contributed by atoms with E-state index >= 15 is 0 Å². The molecule has 0 spiro atoms. The number of carbonyl (C=O) groups is 1. The number of likely N-dealkylation sites (tertiary alicyclic amines) is 1. The molecule has 0 bridgehead atoms. The standard InChI is InChI=1S/C17H21N3O2/c1-3-5-15(21)20-11-4-6-14(20)17-18-16(19-22-17)13-9-7-12(2)8-10-13/h7-10,14H,3-6,11H2,1-2H3. The molecule has 5 nitrogen and oxygen atoms in total. The van der Waals surface area contributed by atoms with Gasteiger partial charge in [0, 0.05) is 18.5 Å². The Labute approximate surface area is 130 Å². The quantitative estimate of drug-likeness (QED) is 0.867. The van der Waals surface area contributed by atoms with Crippen LogP contribution in [0.1, 0.15) is 50.1 Å². The second-order valence-corrected chi connectivity index (χ2v) is 5.82. The van der Waals surface area contributed by atoms with Gasteiger partial charge >= 0.3 is 0 Å². The molecular weight excluding hydrogens is 278 g/mol. The number of nitrogens with zero attached hydrogens (tertiary/aromatic N) is 3. The van der Waals surface area contributed by atoms with Crippen molar-refractivity contribution in [2.75, 3.05) is 6.54 Å². The molecule has 0 saturated carbocycles. The molecule has 1 aliphatic heterocycles. The van der Waals surface area contributed by atoms with E-state index < -0.39 is 0 Å². The van der Waals surface area contributed by atoms with Crippen LogP contribution in [-0.2, 0) is 4.79 Å². The van der Waals surface area contributed by atoms with Crippen molar-refractivity contribution >= 4 is 5.91 Å². The van der Waals surface area contributed by atoms with Gasteiger partial charge in [-0.2, -0.15) is 4.98 Å². The lowest BCUT2D eigenvalue weighted by Gasteiger charge is -2.21. The highest BCUT2D eigenvalue weighted by molar-refractivity contribution is 5.76. The Bertz CT molecular complexity index is 648. The Balaban J connectivity index is 1.80. The number of benzene rings is 1. The summed E-state index contributed by atoms with van der Waals surface area (Å²) in [5.41, 5.74) is 2.13. The predicted octanol–water partition coefficient (Wildman–Crippen LogP) is 3.51. The van der Waals surface area contributed by atoms with Crippen molar-refractivity contribution in [3.05, 3.63) is 35.7 Å². The summed E-state index contributed by atoms with van der Waals surface area (Å²) in [6, 6.07) is 7.96. The third-order valence-electron chi connectivity index (χ3n) is 4.07. The molecule has 0 radical (unpaired) electrons. The van der Waals surface area contributed by atoms with E-state index in [1.54, 1.807) is 0 Å². The lowest BCUT2D eigenvalue weighted by atomic mass is 10.1. The van der Waals surface area contributed by atoms with E-state index in [1.165, 1.54) is 5.56 Å². The largest absolute Gasteiger partial charge is 0.337 e. The van der Waals surface area contributed by atoms with E-state index in [1.807, 2.05) is 43.0 Å². The van der Waals surface area contributed by atoms with Gasteiger partial charge in [0.15, 0.2) is 0 Å². The minimum absolute atomic E-state index is 0.0641. The molecule has 1 fully saturated rings. The van der Waals surface area contributed by atoms with Gasteiger partial charge < -0.3 is 9.42 Å². The van der Waals surface area contributed by atoms with E-state index in [-0.39, 0.29) is 11.9 Å². The fourth-order valence-corrected chi connectivity index (χ4v) is 2.87.